The van der Waals surface area contributed by atoms with Crippen molar-refractivity contribution in [2.24, 2.45) is 0 Å². The fourth-order valence-corrected chi connectivity index (χ4v) is 0. The third kappa shape index (κ3) is 46.4. The molecule has 0 unspecified atom stereocenters. The van der Waals surface area contributed by atoms with Gasteiger partial charge in [0.05, 0.1) is 0 Å². The van der Waals surface area contributed by atoms with Crippen LogP contribution in [0.3, 0.4) is 0 Å². The first-order chi connectivity index (χ1) is 4.18. The molecule has 0 aromatic rings. The van der Waals surface area contributed by atoms with Crippen LogP contribution in [0.4, 0.5) is 0 Å². The molecule has 0 bridgehead atoms. The Morgan fingerprint density at radius 3 is 2.00 bits per heavy atom. The number of hydrogen-bond acceptors (Lipinski definition) is 2. The number of hydrogen-bond donors (Lipinski definition) is 1. The maximum absolute atomic E-state index is 9.25. The van der Waals surface area contributed by atoms with E-state index < -0.39 is 5.97 Å². The number of carboxylic acids is 1. The fraction of sp³-hybridized carbons (Fsp3) is 0.333. The van der Waals surface area contributed by atoms with Crippen molar-refractivity contribution in [3.8, 4) is 0 Å². The number of carbonyl (C=O) groups excluding carboxylic acids is 1. The molecule has 3 nitrogen and oxygen atoms in total. The molecule has 0 aliphatic heterocycles. The molecular weight excluding hydrogens is 120 g/mol. The van der Waals surface area contributed by atoms with Crippen molar-refractivity contribution in [2.75, 3.05) is 0 Å². The normalized spacial score (nSPS) is 6.33. The number of rotatable bonds is 2. The summed E-state index contributed by atoms with van der Waals surface area (Å²) < 4.78 is 0. The van der Waals surface area contributed by atoms with E-state index in [1.54, 1.807) is 0 Å². The highest BCUT2D eigenvalue weighted by Gasteiger charge is 1.73. The Kier molecular flexibility index (Phi) is 12.0. The maximum atomic E-state index is 9.25. The lowest BCUT2D eigenvalue weighted by Crippen LogP contribution is -1.82. The lowest BCUT2D eigenvalue weighted by atomic mass is 10.6. The average molecular weight is 130 g/mol. The molecule has 0 aliphatic carbocycles. The van der Waals surface area contributed by atoms with Gasteiger partial charge in [0.25, 0.3) is 0 Å². The minimum Gasteiger partial charge on any atom is -0.478 e. The standard InChI is InChI=1S/C3H4O2.C3H6O/c1-2-3(4)5;1-2-3-4/h2H,1H2,(H,4,5);3H,2H2,1H3. The molecule has 0 spiro atoms. The molecule has 0 saturated heterocycles. The minimum absolute atomic E-state index is 0.639. The number of aldehydes is 1. The summed E-state index contributed by atoms with van der Waals surface area (Å²) >= 11 is 0. The summed E-state index contributed by atoms with van der Waals surface area (Å²) in [5.74, 6) is -0.981. The average Bonchev–Trinajstić information content (AvgIpc) is 1.89. The molecule has 0 radical (unpaired) electrons. The van der Waals surface area contributed by atoms with E-state index in [-0.39, 0.29) is 0 Å². The molecule has 0 atom stereocenters. The van der Waals surface area contributed by atoms with Crippen LogP contribution in [0, 0.1) is 0 Å². The van der Waals surface area contributed by atoms with Crippen molar-refractivity contribution < 1.29 is 14.7 Å². The van der Waals surface area contributed by atoms with E-state index in [0.717, 1.165) is 12.4 Å². The van der Waals surface area contributed by atoms with Crippen LogP contribution < -0.4 is 0 Å². The van der Waals surface area contributed by atoms with Crippen LogP contribution in [-0.2, 0) is 9.59 Å². The quantitative estimate of drug-likeness (QED) is 0.445. The Morgan fingerprint density at radius 2 is 2.00 bits per heavy atom. The molecule has 0 aromatic heterocycles. The lowest BCUT2D eigenvalue weighted by Gasteiger charge is -1.64. The second-order valence-electron chi connectivity index (χ2n) is 1.12. The van der Waals surface area contributed by atoms with Crippen LogP contribution in [0.15, 0.2) is 12.7 Å². The first kappa shape index (κ1) is 10.8. The predicted molar refractivity (Wildman–Crippen MR) is 34.2 cm³/mol. The predicted octanol–water partition coefficient (Wildman–Crippen LogP) is 0.852. The van der Waals surface area contributed by atoms with Gasteiger partial charge in [-0.3, -0.25) is 0 Å². The van der Waals surface area contributed by atoms with Gasteiger partial charge in [-0.15, -0.1) is 0 Å². The second kappa shape index (κ2) is 9.99. The monoisotopic (exact) mass is 130 g/mol. The van der Waals surface area contributed by atoms with E-state index >= 15 is 0 Å². The van der Waals surface area contributed by atoms with Crippen LogP contribution >= 0.6 is 0 Å². The first-order valence-electron chi connectivity index (χ1n) is 2.48. The van der Waals surface area contributed by atoms with Gasteiger partial charge in [0.15, 0.2) is 0 Å². The molecule has 3 heteroatoms. The Balaban J connectivity index is 0. The zero-order valence-electron chi connectivity index (χ0n) is 5.33. The minimum atomic E-state index is -0.981. The summed E-state index contributed by atoms with van der Waals surface area (Å²) in [6.07, 6.45) is 2.35. The third-order valence-corrected chi connectivity index (χ3v) is 0.341. The zero-order valence-corrected chi connectivity index (χ0v) is 5.33. The van der Waals surface area contributed by atoms with E-state index in [0.29, 0.717) is 6.42 Å². The van der Waals surface area contributed by atoms with Gasteiger partial charge in [-0.25, -0.2) is 4.79 Å². The molecule has 0 rings (SSSR count). The van der Waals surface area contributed by atoms with E-state index in [9.17, 15) is 9.59 Å². The van der Waals surface area contributed by atoms with E-state index in [2.05, 4.69) is 6.58 Å². The Bertz CT molecular complexity index is 96.5. The smallest absolute Gasteiger partial charge is 0.327 e. The molecule has 1 N–H and O–H groups in total. The largest absolute Gasteiger partial charge is 0.478 e. The Labute approximate surface area is 54.0 Å². The van der Waals surface area contributed by atoms with Gasteiger partial charge < -0.3 is 9.90 Å². The third-order valence-electron chi connectivity index (χ3n) is 0.341. The maximum Gasteiger partial charge on any atom is 0.327 e. The van der Waals surface area contributed by atoms with Gasteiger partial charge in [0.2, 0.25) is 0 Å². The Hall–Kier alpha value is -1.12. The van der Waals surface area contributed by atoms with Gasteiger partial charge in [0, 0.05) is 12.5 Å². The van der Waals surface area contributed by atoms with Gasteiger partial charge in [-0.1, -0.05) is 13.5 Å². The van der Waals surface area contributed by atoms with Crippen LogP contribution in [0.25, 0.3) is 0 Å². The van der Waals surface area contributed by atoms with Crippen molar-refractivity contribution in [1.29, 1.82) is 0 Å². The number of carboxylic acid groups (broad SMARTS) is 1. The topological polar surface area (TPSA) is 54.4 Å². The van der Waals surface area contributed by atoms with Crippen molar-refractivity contribution in [3.63, 3.8) is 0 Å². The van der Waals surface area contributed by atoms with Crippen molar-refractivity contribution >= 4 is 12.3 Å². The van der Waals surface area contributed by atoms with Gasteiger partial charge >= 0.3 is 5.97 Å². The summed E-state index contributed by atoms with van der Waals surface area (Å²) in [6, 6.07) is 0. The molecule has 9 heavy (non-hydrogen) atoms. The molecule has 0 aliphatic rings. The summed E-state index contributed by atoms with van der Waals surface area (Å²) in [4.78, 5) is 18.4. The highest BCUT2D eigenvalue weighted by Crippen LogP contribution is 1.54. The van der Waals surface area contributed by atoms with Crippen molar-refractivity contribution in [2.45, 2.75) is 13.3 Å². The van der Waals surface area contributed by atoms with Crippen molar-refractivity contribution in [3.05, 3.63) is 12.7 Å². The van der Waals surface area contributed by atoms with Crippen LogP contribution in [0.2, 0.25) is 0 Å². The van der Waals surface area contributed by atoms with Crippen molar-refractivity contribution in [1.82, 2.24) is 0 Å². The van der Waals surface area contributed by atoms with Gasteiger partial charge in [-0.05, 0) is 0 Å². The zero-order chi connectivity index (χ0) is 7.70. The Morgan fingerprint density at radius 1 is 1.78 bits per heavy atom. The second-order valence-corrected chi connectivity index (χ2v) is 1.12. The molecule has 52 valence electrons. The highest BCUT2D eigenvalue weighted by molar-refractivity contribution is 5.78. The summed E-state index contributed by atoms with van der Waals surface area (Å²) in [5, 5.41) is 7.60. The highest BCUT2D eigenvalue weighted by atomic mass is 16.4. The number of carbonyl (C=O) groups is 2. The summed E-state index contributed by atoms with van der Waals surface area (Å²) in [6.45, 7) is 4.77. The van der Waals surface area contributed by atoms with Gasteiger partial charge in [-0.2, -0.15) is 0 Å². The molecule has 0 heterocycles. The van der Waals surface area contributed by atoms with E-state index in [4.69, 9.17) is 5.11 Å². The SMILES string of the molecule is C=CC(=O)O.CCC=O. The molecule has 0 saturated carbocycles. The van der Waals surface area contributed by atoms with Crippen LogP contribution in [-0.4, -0.2) is 17.4 Å². The molecule has 0 amide bonds. The first-order valence-corrected chi connectivity index (χ1v) is 2.48. The number of aliphatic carboxylic acids is 1. The summed E-state index contributed by atoms with van der Waals surface area (Å²) in [5.41, 5.74) is 0. The molecular formula is C6H10O3. The summed E-state index contributed by atoms with van der Waals surface area (Å²) in [7, 11) is 0. The lowest BCUT2D eigenvalue weighted by molar-refractivity contribution is -0.131. The molecule has 0 aromatic carbocycles. The van der Waals surface area contributed by atoms with Gasteiger partial charge in [0.1, 0.15) is 6.29 Å². The van der Waals surface area contributed by atoms with Crippen LogP contribution in [0.1, 0.15) is 13.3 Å². The van der Waals surface area contributed by atoms with Crippen LogP contribution in [0.5, 0.6) is 0 Å². The fourth-order valence-electron chi connectivity index (χ4n) is 0. The van der Waals surface area contributed by atoms with E-state index in [1.165, 1.54) is 0 Å². The van der Waals surface area contributed by atoms with E-state index in [1.807, 2.05) is 6.92 Å². The molecule has 0 fully saturated rings.